The minimum atomic E-state index is -0.769. The van der Waals surface area contributed by atoms with Gasteiger partial charge in [0.25, 0.3) is 0 Å². The predicted molar refractivity (Wildman–Crippen MR) is 495 cm³/mol. The number of aliphatic hydroxyl groups is 2. The van der Waals surface area contributed by atoms with E-state index >= 15 is 0 Å². The van der Waals surface area contributed by atoms with Crippen LogP contribution >= 0.6 is 31.9 Å². The van der Waals surface area contributed by atoms with Crippen molar-refractivity contribution in [1.82, 2.24) is 0 Å². The van der Waals surface area contributed by atoms with Gasteiger partial charge in [0.05, 0.1) is 172 Å². The Morgan fingerprint density at radius 1 is 0.267 bits per heavy atom. The quantitative estimate of drug-likeness (QED) is 0.0289. The molecule has 1 aliphatic heterocycles. The first-order valence-electron chi connectivity index (χ1n) is 39.6. The molecular weight excluding hydrogens is 1870 g/mol. The fourth-order valence-corrected chi connectivity index (χ4v) is 17.1. The Balaban J connectivity index is 0.000000185. The van der Waals surface area contributed by atoms with Gasteiger partial charge in [-0.15, -0.1) is 0 Å². The summed E-state index contributed by atoms with van der Waals surface area (Å²) in [6.07, 6.45) is 0. The van der Waals surface area contributed by atoms with Crippen LogP contribution in [0.15, 0.2) is 191 Å². The van der Waals surface area contributed by atoms with Gasteiger partial charge in [-0.3, -0.25) is 0 Å². The number of aliphatic hydroxyl groups excluding tert-OH is 2. The second-order valence-electron chi connectivity index (χ2n) is 28.0. The molecule has 2 N–H and O–H groups in total. The molecule has 0 aromatic heterocycles. The summed E-state index contributed by atoms with van der Waals surface area (Å²) >= 11 is 6.99. The Bertz CT molecular complexity index is 6330. The summed E-state index contributed by atoms with van der Waals surface area (Å²) in [6.45, 7) is -0.622. The molecule has 0 unspecified atom stereocenters. The topological polar surface area (TPSA) is 312 Å². The summed E-state index contributed by atoms with van der Waals surface area (Å²) in [5, 5.41) is 26.6. The van der Waals surface area contributed by atoms with E-state index in [1.807, 2.05) is 121 Å². The Morgan fingerprint density at radius 3 is 0.786 bits per heavy atom. The van der Waals surface area contributed by atoms with Crippen LogP contribution in [-0.4, -0.2) is 162 Å². The van der Waals surface area contributed by atoms with Crippen LogP contribution in [0.25, 0.3) is 87.6 Å². The van der Waals surface area contributed by atoms with Crippen LogP contribution in [0, 0.1) is 0 Å². The largest absolute Gasteiger partial charge is 0.493 e. The summed E-state index contributed by atoms with van der Waals surface area (Å²) in [7, 11) is 26.3. The third-order valence-corrected chi connectivity index (χ3v) is 23.2. The number of fused-ring (bicyclic) bond motifs is 12. The predicted octanol–water partition coefficient (Wildman–Crippen LogP) is 20.2. The Kier molecular flexibility index (Phi) is 31.0. The first-order chi connectivity index (χ1) is 63.1. The summed E-state index contributed by atoms with van der Waals surface area (Å²) in [5.41, 5.74) is 4.61. The Hall–Kier alpha value is -14.2. The fourth-order valence-electron chi connectivity index (χ4n) is 15.9. The molecular formula is C100H90Br2CuO28. The van der Waals surface area contributed by atoms with Crippen LogP contribution in [0.1, 0.15) is 52.6 Å². The number of esters is 4. The van der Waals surface area contributed by atoms with E-state index in [1.165, 1.54) is 152 Å². The van der Waals surface area contributed by atoms with Gasteiger partial charge >= 0.3 is 23.9 Å². The second-order valence-corrected chi connectivity index (χ2v) is 29.6. The number of halogens is 2. The number of carbonyl (C=O) groups excluding carboxylic acids is 4. The van der Waals surface area contributed by atoms with Gasteiger partial charge in [-0.1, -0.05) is 121 Å². The van der Waals surface area contributed by atoms with E-state index < -0.39 is 23.9 Å². The van der Waals surface area contributed by atoms with Crippen LogP contribution in [0.4, 0.5) is 0 Å². The zero-order valence-corrected chi connectivity index (χ0v) is 78.4. The van der Waals surface area contributed by atoms with Gasteiger partial charge in [-0.25, -0.2) is 19.2 Å². The molecule has 28 nitrogen and oxygen atoms in total. The molecule has 0 aliphatic carbocycles. The third kappa shape index (κ3) is 17.9. The Labute approximate surface area is 780 Å². The SMILES string of the molecule is COc1cc(C(=O)Oc2ccc3ccccc3c2-c2c(OC(=O)c3cc(OC)c(OC)c(OC)c3Br)ccc3ccccc23)c(Br)c(OC)c1OC.COc1cc(CO)c(-c2c(CO)cc(OC)c(OC)c2OC)c(OC)c1OC.COc1cc2c(c(OC)c1OC)-c1c(cc(OC)c(OC)c1OC)C(=O)Oc1ccc3ccccc3c1-c1c(ccc3ccccc13)OC2=O.[Cu]. The molecule has 0 amide bonds. The number of benzene rings is 14. The molecule has 1 aliphatic rings. The molecule has 0 spiro atoms. The van der Waals surface area contributed by atoms with E-state index in [-0.39, 0.29) is 144 Å². The summed E-state index contributed by atoms with van der Waals surface area (Å²) in [6, 6.07) is 54.4. The van der Waals surface area contributed by atoms with E-state index in [0.29, 0.717) is 99.4 Å². The van der Waals surface area contributed by atoms with Crippen LogP contribution < -0.4 is 104 Å². The Morgan fingerprint density at radius 2 is 0.511 bits per heavy atom. The van der Waals surface area contributed by atoms with Gasteiger partial charge in [0.2, 0.25) is 34.5 Å². The molecule has 0 saturated carbocycles. The maximum atomic E-state index is 14.7. The number of ether oxygens (including phenoxy) is 22. The number of rotatable bonds is 26. The van der Waals surface area contributed by atoms with Crippen LogP contribution in [0.2, 0.25) is 0 Å². The molecule has 1 heterocycles. The van der Waals surface area contributed by atoms with Gasteiger partial charge in [-0.2, -0.15) is 0 Å². The van der Waals surface area contributed by atoms with Crippen molar-refractivity contribution >= 4 is 98.8 Å². The standard InChI is InChI=1S/C40H32Br2O10.C40H32O10.C20H26O8.Cu/c1-45-29-19-25(33(41)37(49-5)35(29)47-3)39(43)51-27-17-15-21-11-7-9-13-23(21)31(27)32-24-14-10-8-12-22(24)16-18-28(32)52-40(44)26-20-30(46-2)36(48-4)38(50-6)34(26)42;1-43-29-19-25-33(37(47-5)35(29)45-3)34-26(20-30(44-2)36(46-4)38(34)48-6)40(42)50-28-18-16-22-12-8-10-14-24(22)32(28)31-23-13-9-7-11-21(23)15-17-27(31)49-39(25)41;1-23-13-7-11(9-21)15(19(27-5)17(13)25-3)16-12(10-22)8-14(24-2)18(26-4)20(16)28-6;/h7-20H,1-6H3;7-20H,1-6H3;7-8,21-22H,9-10H2,1-6H3;. The van der Waals surface area contributed by atoms with Crippen molar-refractivity contribution in [1.29, 1.82) is 0 Å². The van der Waals surface area contributed by atoms with Crippen LogP contribution in [0.3, 0.4) is 0 Å². The molecule has 15 rings (SSSR count). The maximum absolute atomic E-state index is 14.7. The maximum Gasteiger partial charge on any atom is 0.344 e. The minimum Gasteiger partial charge on any atom is -0.493 e. The van der Waals surface area contributed by atoms with Crippen molar-refractivity contribution in [3.63, 3.8) is 0 Å². The zero-order chi connectivity index (χ0) is 93.1. The molecule has 31 heteroatoms. The molecule has 0 saturated heterocycles. The fraction of sp³-hybridized carbons (Fsp3) is 0.200. The van der Waals surface area contributed by atoms with E-state index in [9.17, 15) is 29.4 Å². The normalized spacial score (nSPS) is 11.2. The molecule has 14 aromatic carbocycles. The summed E-state index contributed by atoms with van der Waals surface area (Å²) in [4.78, 5) is 57.6. The van der Waals surface area contributed by atoms with Crippen molar-refractivity contribution in [2.75, 3.05) is 128 Å². The van der Waals surface area contributed by atoms with Gasteiger partial charge in [-0.05, 0) is 147 Å². The number of carbonyl (C=O) groups is 4. The summed E-state index contributed by atoms with van der Waals surface area (Å²) in [5.74, 6) is 2.60. The molecule has 683 valence electrons. The van der Waals surface area contributed by atoms with Gasteiger partial charge in [0, 0.05) is 61.6 Å². The molecule has 1 radical (unpaired) electrons. The van der Waals surface area contributed by atoms with E-state index in [0.717, 1.165) is 43.1 Å². The smallest absolute Gasteiger partial charge is 0.344 e. The van der Waals surface area contributed by atoms with Gasteiger partial charge in [0.15, 0.2) is 69.0 Å². The molecule has 0 fully saturated rings. The average Bonchev–Trinajstić information content (AvgIpc) is 0.729. The van der Waals surface area contributed by atoms with Crippen molar-refractivity contribution in [2.24, 2.45) is 0 Å². The zero-order valence-electron chi connectivity index (χ0n) is 74.3. The van der Waals surface area contributed by atoms with Gasteiger partial charge < -0.3 is 114 Å². The molecule has 0 atom stereocenters. The number of hydrogen-bond donors (Lipinski definition) is 2. The molecule has 14 aromatic rings. The summed E-state index contributed by atoms with van der Waals surface area (Å²) < 4.78 is 126. The monoisotopic (exact) mass is 1960 g/mol. The second kappa shape index (κ2) is 42.4. The minimum absolute atomic E-state index is 0. The first-order valence-corrected chi connectivity index (χ1v) is 41.2. The third-order valence-electron chi connectivity index (χ3n) is 21.6. The van der Waals surface area contributed by atoms with Gasteiger partial charge in [0.1, 0.15) is 23.0 Å². The van der Waals surface area contributed by atoms with E-state index in [2.05, 4.69) is 31.9 Å². The average molecular weight is 1960 g/mol. The van der Waals surface area contributed by atoms with Crippen molar-refractivity contribution < 1.29 is 151 Å². The molecule has 0 bridgehead atoms. The first kappa shape index (κ1) is 95.9. The molecule has 131 heavy (non-hydrogen) atoms. The van der Waals surface area contributed by atoms with Crippen molar-refractivity contribution in [2.45, 2.75) is 13.2 Å². The number of hydrogen-bond acceptors (Lipinski definition) is 28. The van der Waals surface area contributed by atoms with Crippen molar-refractivity contribution in [3.05, 3.63) is 224 Å². The van der Waals surface area contributed by atoms with E-state index in [1.54, 1.807) is 36.4 Å². The van der Waals surface area contributed by atoms with Crippen molar-refractivity contribution in [3.8, 4) is 171 Å². The van der Waals surface area contributed by atoms with E-state index in [4.69, 9.17) is 104 Å². The number of methoxy groups -OCH3 is 18. The van der Waals surface area contributed by atoms with Crippen LogP contribution in [-0.2, 0) is 30.3 Å². The van der Waals surface area contributed by atoms with Crippen LogP contribution in [0.5, 0.6) is 126 Å².